The van der Waals surface area contributed by atoms with Crippen molar-refractivity contribution in [2.45, 2.75) is 0 Å². The van der Waals surface area contributed by atoms with Gasteiger partial charge >= 0.3 is 11.9 Å². The van der Waals surface area contributed by atoms with E-state index in [0.29, 0.717) is 0 Å². The van der Waals surface area contributed by atoms with Crippen molar-refractivity contribution in [1.29, 1.82) is 0 Å². The van der Waals surface area contributed by atoms with Crippen LogP contribution < -0.4 is 0 Å². The first-order chi connectivity index (χ1) is 11.6. The minimum atomic E-state index is -1.63. The molecule has 2 aromatic rings. The van der Waals surface area contributed by atoms with E-state index in [4.69, 9.17) is 14.9 Å². The van der Waals surface area contributed by atoms with Crippen molar-refractivity contribution in [3.63, 3.8) is 0 Å². The number of hydrogen-bond donors (Lipinski definition) is 2. The first kappa shape index (κ1) is 19.3. The fourth-order valence-electron chi connectivity index (χ4n) is 1.68. The number of carbonyl (C=O) groups is 2. The largest absolute Gasteiger partial charge is 0.473 e. The van der Waals surface area contributed by atoms with Crippen LogP contribution >= 0.6 is 0 Å². The Kier molecular flexibility index (Phi) is 9.52. The SMILES string of the molecule is O=C(O)C(=O)OCCOCCO.c1ccc(-c2ccccc2)cc1. The molecule has 0 aromatic heterocycles. The quantitative estimate of drug-likeness (QED) is 0.477. The molecule has 24 heavy (non-hydrogen) atoms. The number of benzene rings is 2. The molecule has 0 atom stereocenters. The summed E-state index contributed by atoms with van der Waals surface area (Å²) in [6.45, 7) is -0.0117. The molecule has 0 unspecified atom stereocenters. The van der Waals surface area contributed by atoms with Gasteiger partial charge in [0.1, 0.15) is 6.61 Å². The zero-order valence-electron chi connectivity index (χ0n) is 13.1. The van der Waals surface area contributed by atoms with Crippen molar-refractivity contribution in [1.82, 2.24) is 0 Å². The van der Waals surface area contributed by atoms with E-state index in [0.717, 1.165) is 0 Å². The molecule has 6 nitrogen and oxygen atoms in total. The van der Waals surface area contributed by atoms with Crippen LogP contribution in [-0.4, -0.2) is 48.6 Å². The van der Waals surface area contributed by atoms with Crippen molar-refractivity contribution in [3.05, 3.63) is 60.7 Å². The molecule has 2 rings (SSSR count). The topological polar surface area (TPSA) is 93.1 Å². The van der Waals surface area contributed by atoms with Gasteiger partial charge in [0.15, 0.2) is 0 Å². The van der Waals surface area contributed by atoms with Gasteiger partial charge in [0, 0.05) is 0 Å². The average Bonchev–Trinajstić information content (AvgIpc) is 2.63. The first-order valence-electron chi connectivity index (χ1n) is 7.34. The van der Waals surface area contributed by atoms with Crippen LogP contribution in [0.4, 0.5) is 0 Å². The van der Waals surface area contributed by atoms with Crippen LogP contribution in [0.2, 0.25) is 0 Å². The second kappa shape index (κ2) is 11.8. The van der Waals surface area contributed by atoms with Gasteiger partial charge in [-0.25, -0.2) is 9.59 Å². The highest BCUT2D eigenvalue weighted by atomic mass is 16.6. The van der Waals surface area contributed by atoms with Crippen molar-refractivity contribution in [3.8, 4) is 11.1 Å². The van der Waals surface area contributed by atoms with E-state index in [2.05, 4.69) is 53.3 Å². The zero-order chi connectivity index (χ0) is 17.6. The van der Waals surface area contributed by atoms with Gasteiger partial charge in [-0.1, -0.05) is 60.7 Å². The van der Waals surface area contributed by atoms with E-state index in [1.165, 1.54) is 11.1 Å². The summed E-state index contributed by atoms with van der Waals surface area (Å²) < 4.78 is 8.90. The van der Waals surface area contributed by atoms with Gasteiger partial charge in [-0.3, -0.25) is 0 Å². The molecule has 0 radical (unpaired) electrons. The van der Waals surface area contributed by atoms with Gasteiger partial charge in [-0.2, -0.15) is 0 Å². The Labute approximate surface area is 140 Å². The summed E-state index contributed by atoms with van der Waals surface area (Å²) >= 11 is 0. The number of aliphatic carboxylic acids is 1. The third-order valence-corrected chi connectivity index (χ3v) is 2.75. The summed E-state index contributed by atoms with van der Waals surface area (Å²) in [7, 11) is 0. The molecule has 0 fully saturated rings. The molecule has 0 saturated carbocycles. The predicted molar refractivity (Wildman–Crippen MR) is 88.4 cm³/mol. The number of carbonyl (C=O) groups excluding carboxylic acids is 1. The Morgan fingerprint density at radius 3 is 1.71 bits per heavy atom. The average molecular weight is 332 g/mol. The molecule has 0 aliphatic rings. The molecular formula is C18H20O6. The molecular weight excluding hydrogens is 312 g/mol. The van der Waals surface area contributed by atoms with E-state index < -0.39 is 11.9 Å². The predicted octanol–water partition coefficient (Wildman–Crippen LogP) is 1.98. The highest BCUT2D eigenvalue weighted by Crippen LogP contribution is 2.17. The van der Waals surface area contributed by atoms with E-state index >= 15 is 0 Å². The zero-order valence-corrected chi connectivity index (χ0v) is 13.1. The van der Waals surface area contributed by atoms with Crippen molar-refractivity contribution in [2.24, 2.45) is 0 Å². The van der Waals surface area contributed by atoms with Gasteiger partial charge in [-0.05, 0) is 11.1 Å². The van der Waals surface area contributed by atoms with Crippen molar-refractivity contribution >= 4 is 11.9 Å². The van der Waals surface area contributed by atoms with Crippen LogP contribution in [0.25, 0.3) is 11.1 Å². The molecule has 0 aliphatic heterocycles. The molecule has 0 heterocycles. The van der Waals surface area contributed by atoms with Crippen LogP contribution in [0.1, 0.15) is 0 Å². The number of hydrogen-bond acceptors (Lipinski definition) is 5. The number of ether oxygens (including phenoxy) is 2. The van der Waals surface area contributed by atoms with Gasteiger partial charge < -0.3 is 19.7 Å². The van der Waals surface area contributed by atoms with Crippen molar-refractivity contribution < 1.29 is 29.3 Å². The fourth-order valence-corrected chi connectivity index (χ4v) is 1.68. The molecule has 128 valence electrons. The standard InChI is InChI=1S/C12H10.C6H10O6/c1-3-7-11(8-4-1)12-9-5-2-6-10-12;7-1-2-11-3-4-12-6(10)5(8)9/h1-10H;7H,1-4H2,(H,8,9). The number of esters is 1. The smallest absolute Gasteiger partial charge is 0.417 e. The number of carboxylic acids is 1. The van der Waals surface area contributed by atoms with Gasteiger partial charge in [0.25, 0.3) is 0 Å². The van der Waals surface area contributed by atoms with Crippen LogP contribution in [0.15, 0.2) is 60.7 Å². The lowest BCUT2D eigenvalue weighted by Crippen LogP contribution is -2.19. The summed E-state index contributed by atoms with van der Waals surface area (Å²) in [5, 5.41) is 16.3. The van der Waals surface area contributed by atoms with Crippen molar-refractivity contribution in [2.75, 3.05) is 26.4 Å². The molecule has 0 saturated heterocycles. The minimum absolute atomic E-state index is 0.0829. The lowest BCUT2D eigenvalue weighted by molar-refractivity contribution is -0.164. The van der Waals surface area contributed by atoms with Gasteiger partial charge in [0.05, 0.1) is 19.8 Å². The van der Waals surface area contributed by atoms with E-state index in [1.807, 2.05) is 12.1 Å². The van der Waals surface area contributed by atoms with Crippen LogP contribution in [0.3, 0.4) is 0 Å². The Bertz CT molecular complexity index is 560. The maximum atomic E-state index is 10.2. The first-order valence-corrected chi connectivity index (χ1v) is 7.34. The maximum Gasteiger partial charge on any atom is 0.417 e. The highest BCUT2D eigenvalue weighted by molar-refractivity contribution is 6.28. The van der Waals surface area contributed by atoms with E-state index in [1.54, 1.807) is 0 Å². The Balaban J connectivity index is 0.000000240. The summed E-state index contributed by atoms with van der Waals surface area (Å²) in [6, 6.07) is 20.8. The molecule has 0 spiro atoms. The summed E-state index contributed by atoms with van der Waals surface area (Å²) in [5.74, 6) is -2.93. The Hall–Kier alpha value is -2.70. The third-order valence-electron chi connectivity index (χ3n) is 2.75. The molecule has 0 bridgehead atoms. The molecule has 2 N–H and O–H groups in total. The lowest BCUT2D eigenvalue weighted by Gasteiger charge is -2.01. The molecule has 0 amide bonds. The number of aliphatic hydroxyl groups excluding tert-OH is 1. The maximum absolute atomic E-state index is 10.2. The van der Waals surface area contributed by atoms with E-state index in [9.17, 15) is 9.59 Å². The number of aliphatic hydroxyl groups is 1. The molecule has 2 aromatic carbocycles. The number of rotatable bonds is 6. The second-order valence-corrected chi connectivity index (χ2v) is 4.51. The summed E-state index contributed by atoms with van der Waals surface area (Å²) in [6.07, 6.45) is 0. The van der Waals surface area contributed by atoms with Crippen LogP contribution in [-0.2, 0) is 19.1 Å². The minimum Gasteiger partial charge on any atom is -0.473 e. The van der Waals surface area contributed by atoms with Gasteiger partial charge in [0.2, 0.25) is 0 Å². The monoisotopic (exact) mass is 332 g/mol. The highest BCUT2D eigenvalue weighted by Gasteiger charge is 2.11. The van der Waals surface area contributed by atoms with Crippen LogP contribution in [0.5, 0.6) is 0 Å². The normalized spacial score (nSPS) is 9.54. The van der Waals surface area contributed by atoms with Crippen LogP contribution in [0, 0.1) is 0 Å². The third kappa shape index (κ3) is 8.07. The Morgan fingerprint density at radius 2 is 1.29 bits per heavy atom. The summed E-state index contributed by atoms with van der Waals surface area (Å²) in [5.41, 5.74) is 2.55. The fraction of sp³-hybridized carbons (Fsp3) is 0.222. The van der Waals surface area contributed by atoms with Gasteiger partial charge in [-0.15, -0.1) is 0 Å². The molecule has 6 heteroatoms. The number of carboxylic acid groups (broad SMARTS) is 1. The second-order valence-electron chi connectivity index (χ2n) is 4.51. The lowest BCUT2D eigenvalue weighted by atomic mass is 10.1. The van der Waals surface area contributed by atoms with E-state index in [-0.39, 0.29) is 26.4 Å². The summed E-state index contributed by atoms with van der Waals surface area (Å²) in [4.78, 5) is 20.1. The molecule has 0 aliphatic carbocycles. The Morgan fingerprint density at radius 1 is 0.792 bits per heavy atom.